The van der Waals surface area contributed by atoms with Crippen LogP contribution in [0.4, 0.5) is 10.1 Å². The molecule has 0 spiro atoms. The number of hydrogen-bond acceptors (Lipinski definition) is 5. The maximum atomic E-state index is 14.2. The van der Waals surface area contributed by atoms with E-state index in [9.17, 15) is 14.3 Å². The van der Waals surface area contributed by atoms with Crippen molar-refractivity contribution >= 4 is 17.3 Å². The minimum absolute atomic E-state index is 0.0591. The number of nitrogens with two attached hydrogens (primary N) is 1. The van der Waals surface area contributed by atoms with Crippen molar-refractivity contribution in [1.82, 2.24) is 0 Å². The third-order valence-electron chi connectivity index (χ3n) is 3.80. The van der Waals surface area contributed by atoms with Gasteiger partial charge >= 0.3 is 0 Å². The Morgan fingerprint density at radius 3 is 2.65 bits per heavy atom. The molecule has 1 aromatic rings. The molecule has 4 N–H and O–H groups in total. The second-order valence-corrected chi connectivity index (χ2v) is 5.59. The number of hydrogen-bond donors (Lipinski definition) is 3. The first-order chi connectivity index (χ1) is 12.6. The molecule has 0 saturated heterocycles. The first kappa shape index (κ1) is 19.2. The van der Waals surface area contributed by atoms with Gasteiger partial charge in [-0.3, -0.25) is 9.79 Å². The third kappa shape index (κ3) is 4.95. The van der Waals surface area contributed by atoms with Gasteiger partial charge in [0, 0.05) is 24.5 Å². The molecular formula is C19H22FN3O3. The molecule has 1 aliphatic heterocycles. The largest absolute Gasteiger partial charge is 0.507 e. The summed E-state index contributed by atoms with van der Waals surface area (Å²) in [5, 5.41) is 13.1. The van der Waals surface area contributed by atoms with Crippen LogP contribution in [0.5, 0.6) is 0 Å². The molecule has 0 radical (unpaired) electrons. The number of para-hydroxylation sites is 1. The molecule has 1 heterocycles. The Bertz CT molecular complexity index is 767. The average molecular weight is 359 g/mol. The fourth-order valence-corrected chi connectivity index (χ4v) is 2.52. The van der Waals surface area contributed by atoms with Crippen molar-refractivity contribution in [3.63, 3.8) is 0 Å². The standard InChI is InChI=1S/C19H22FN3O3/c1-26-17(12-21)14(20)11-16(24)18(15-9-5-6-10-22-15)19(25)23-13-7-3-2-4-8-13/h2-4,7-8,11-12,24H,5-6,9-10,21H2,1H3,(H,23,25)/b14-11+,17-12+,18-16?. The molecule has 2 rings (SSSR count). The van der Waals surface area contributed by atoms with Gasteiger partial charge in [-0.15, -0.1) is 0 Å². The van der Waals surface area contributed by atoms with Crippen LogP contribution in [-0.2, 0) is 9.53 Å². The van der Waals surface area contributed by atoms with E-state index >= 15 is 0 Å². The number of anilines is 1. The number of allylic oxidation sites excluding steroid dienone is 2. The van der Waals surface area contributed by atoms with E-state index in [0.29, 0.717) is 24.4 Å². The summed E-state index contributed by atoms with van der Waals surface area (Å²) in [6.07, 6.45) is 4.01. The molecule has 26 heavy (non-hydrogen) atoms. The molecule has 0 atom stereocenters. The van der Waals surface area contributed by atoms with Crippen LogP contribution in [0.2, 0.25) is 0 Å². The van der Waals surface area contributed by atoms with Gasteiger partial charge in [-0.2, -0.15) is 0 Å². The number of halogens is 1. The number of ether oxygens (including phenoxy) is 1. The minimum Gasteiger partial charge on any atom is -0.507 e. The smallest absolute Gasteiger partial charge is 0.261 e. The van der Waals surface area contributed by atoms with Crippen LogP contribution in [-0.4, -0.2) is 30.4 Å². The van der Waals surface area contributed by atoms with Crippen molar-refractivity contribution in [3.8, 4) is 0 Å². The molecule has 0 aromatic heterocycles. The Labute approximate surface area is 151 Å². The first-order valence-electron chi connectivity index (χ1n) is 8.23. The number of aliphatic imine (C=N–C) groups is 1. The topological polar surface area (TPSA) is 96.9 Å². The lowest BCUT2D eigenvalue weighted by molar-refractivity contribution is -0.112. The molecule has 0 fully saturated rings. The van der Waals surface area contributed by atoms with E-state index in [4.69, 9.17) is 10.5 Å². The molecular weight excluding hydrogens is 337 g/mol. The van der Waals surface area contributed by atoms with Crippen molar-refractivity contribution in [1.29, 1.82) is 0 Å². The summed E-state index contributed by atoms with van der Waals surface area (Å²) < 4.78 is 18.9. The number of carbonyl (C=O) groups excluding carboxylic acids is 1. The molecule has 6 nitrogen and oxygen atoms in total. The van der Waals surface area contributed by atoms with Crippen molar-refractivity contribution in [2.24, 2.45) is 10.7 Å². The molecule has 0 bridgehead atoms. The summed E-state index contributed by atoms with van der Waals surface area (Å²) in [5.41, 5.74) is 6.22. The molecule has 138 valence electrons. The lowest BCUT2D eigenvalue weighted by atomic mass is 9.99. The SMILES string of the molecule is COC(=C/N)/C(F)=C\C(O)=C(C(=O)Nc1ccccc1)C1=NCCCC1. The summed E-state index contributed by atoms with van der Waals surface area (Å²) in [4.78, 5) is 17.0. The minimum atomic E-state index is -0.895. The number of rotatable bonds is 6. The van der Waals surface area contributed by atoms with Gasteiger partial charge in [0.25, 0.3) is 5.91 Å². The Balaban J connectivity index is 2.41. The van der Waals surface area contributed by atoms with Gasteiger partial charge in [-0.05, 0) is 31.4 Å². The number of aliphatic hydroxyl groups is 1. The number of methoxy groups -OCH3 is 1. The first-order valence-corrected chi connectivity index (χ1v) is 8.23. The monoisotopic (exact) mass is 359 g/mol. The normalized spacial score (nSPS) is 16.5. The zero-order chi connectivity index (χ0) is 18.9. The van der Waals surface area contributed by atoms with Crippen molar-refractivity contribution in [2.45, 2.75) is 19.3 Å². The maximum Gasteiger partial charge on any atom is 0.261 e. The second kappa shape index (κ2) is 9.41. The fourth-order valence-electron chi connectivity index (χ4n) is 2.52. The van der Waals surface area contributed by atoms with Gasteiger partial charge in [0.15, 0.2) is 11.6 Å². The predicted octanol–water partition coefficient (Wildman–Crippen LogP) is 3.36. The van der Waals surface area contributed by atoms with E-state index in [1.54, 1.807) is 24.3 Å². The van der Waals surface area contributed by atoms with Crippen LogP contribution in [0.25, 0.3) is 0 Å². The van der Waals surface area contributed by atoms with Crippen LogP contribution >= 0.6 is 0 Å². The van der Waals surface area contributed by atoms with Crippen LogP contribution in [0.15, 0.2) is 70.5 Å². The number of carbonyl (C=O) groups is 1. The van der Waals surface area contributed by atoms with Crippen LogP contribution < -0.4 is 11.1 Å². The van der Waals surface area contributed by atoms with E-state index in [0.717, 1.165) is 25.1 Å². The number of aliphatic hydroxyl groups excluding tert-OH is 1. The Morgan fingerprint density at radius 1 is 1.35 bits per heavy atom. The lowest BCUT2D eigenvalue weighted by Gasteiger charge is -2.16. The van der Waals surface area contributed by atoms with E-state index in [1.807, 2.05) is 6.07 Å². The van der Waals surface area contributed by atoms with Crippen LogP contribution in [0.3, 0.4) is 0 Å². The second-order valence-electron chi connectivity index (χ2n) is 5.59. The highest BCUT2D eigenvalue weighted by Gasteiger charge is 2.23. The van der Waals surface area contributed by atoms with Gasteiger partial charge in [0.1, 0.15) is 11.3 Å². The van der Waals surface area contributed by atoms with Gasteiger partial charge < -0.3 is 20.9 Å². The molecule has 0 aliphatic carbocycles. The summed E-state index contributed by atoms with van der Waals surface area (Å²) in [7, 11) is 1.25. The summed E-state index contributed by atoms with van der Waals surface area (Å²) in [6, 6.07) is 8.79. The van der Waals surface area contributed by atoms with Gasteiger partial charge in [0.2, 0.25) is 0 Å². The highest BCUT2D eigenvalue weighted by molar-refractivity contribution is 6.26. The maximum absolute atomic E-state index is 14.2. The van der Waals surface area contributed by atoms with E-state index in [-0.39, 0.29) is 11.3 Å². The third-order valence-corrected chi connectivity index (χ3v) is 3.80. The van der Waals surface area contributed by atoms with E-state index in [2.05, 4.69) is 10.3 Å². The number of nitrogens with zero attached hydrogens (tertiary/aromatic N) is 1. The zero-order valence-electron chi connectivity index (χ0n) is 14.5. The van der Waals surface area contributed by atoms with Gasteiger partial charge in [0.05, 0.1) is 12.8 Å². The number of nitrogens with one attached hydrogen (secondary N) is 1. The quantitative estimate of drug-likeness (QED) is 0.412. The van der Waals surface area contributed by atoms with Gasteiger partial charge in [-0.25, -0.2) is 4.39 Å². The molecule has 0 unspecified atom stereocenters. The van der Waals surface area contributed by atoms with Gasteiger partial charge in [-0.1, -0.05) is 18.2 Å². The highest BCUT2D eigenvalue weighted by atomic mass is 19.1. The van der Waals surface area contributed by atoms with Crippen LogP contribution in [0.1, 0.15) is 19.3 Å². The fraction of sp³-hybridized carbons (Fsp3) is 0.263. The van der Waals surface area contributed by atoms with Crippen LogP contribution in [0, 0.1) is 0 Å². The number of benzene rings is 1. The average Bonchev–Trinajstić information content (AvgIpc) is 2.64. The molecule has 7 heteroatoms. The highest BCUT2D eigenvalue weighted by Crippen LogP contribution is 2.21. The summed E-state index contributed by atoms with van der Waals surface area (Å²) in [5.74, 6) is -2.24. The summed E-state index contributed by atoms with van der Waals surface area (Å²) in [6.45, 7) is 0.558. The van der Waals surface area contributed by atoms with E-state index in [1.165, 1.54) is 7.11 Å². The molecule has 1 aromatic carbocycles. The Morgan fingerprint density at radius 2 is 2.08 bits per heavy atom. The van der Waals surface area contributed by atoms with Crippen molar-refractivity contribution < 1.29 is 19.0 Å². The Hall–Kier alpha value is -3.09. The summed E-state index contributed by atoms with van der Waals surface area (Å²) >= 11 is 0. The zero-order valence-corrected chi connectivity index (χ0v) is 14.5. The number of amides is 1. The van der Waals surface area contributed by atoms with E-state index < -0.39 is 17.5 Å². The lowest BCUT2D eigenvalue weighted by Crippen LogP contribution is -2.24. The molecule has 1 aliphatic rings. The Kier molecular flexibility index (Phi) is 6.96. The molecule has 1 amide bonds. The molecule has 0 saturated carbocycles. The predicted molar refractivity (Wildman–Crippen MR) is 99.3 cm³/mol. The van der Waals surface area contributed by atoms with Crippen molar-refractivity contribution in [3.05, 3.63) is 65.5 Å². The van der Waals surface area contributed by atoms with Crippen molar-refractivity contribution in [2.75, 3.05) is 19.0 Å².